The molecule has 7 heteroatoms. The third kappa shape index (κ3) is 4.03. The van der Waals surface area contributed by atoms with E-state index in [1.54, 1.807) is 31.5 Å². The Morgan fingerprint density at radius 1 is 1.00 bits per heavy atom. The van der Waals surface area contributed by atoms with Crippen molar-refractivity contribution >= 4 is 34.7 Å². The van der Waals surface area contributed by atoms with Crippen LogP contribution in [0.25, 0.3) is 0 Å². The van der Waals surface area contributed by atoms with Crippen molar-refractivity contribution in [2.75, 3.05) is 17.7 Å². The summed E-state index contributed by atoms with van der Waals surface area (Å²) in [7, 11) is 1.60. The highest BCUT2D eigenvalue weighted by Crippen LogP contribution is 2.30. The maximum Gasteiger partial charge on any atom is 0.249 e. The van der Waals surface area contributed by atoms with Gasteiger partial charge in [-0.05, 0) is 50.1 Å². The molecule has 0 atom stereocenters. The molecule has 3 aromatic rings. The summed E-state index contributed by atoms with van der Waals surface area (Å²) in [6.07, 6.45) is 1.54. The maximum atomic E-state index is 6.07. The molecule has 0 saturated heterocycles. The van der Waals surface area contributed by atoms with E-state index in [0.717, 1.165) is 16.8 Å². The predicted octanol–water partition coefficient (Wildman–Crippen LogP) is 4.95. The lowest BCUT2D eigenvalue weighted by atomic mass is 10.1. The molecule has 6 nitrogen and oxygen atoms in total. The minimum atomic E-state index is 0.408. The molecule has 0 aliphatic rings. The zero-order chi connectivity index (χ0) is 18.7. The Kier molecular flexibility index (Phi) is 5.23. The monoisotopic (exact) mass is 369 g/mol. The minimum Gasteiger partial charge on any atom is -0.495 e. The Morgan fingerprint density at radius 2 is 1.73 bits per heavy atom. The van der Waals surface area contributed by atoms with E-state index >= 15 is 0 Å². The molecule has 26 heavy (non-hydrogen) atoms. The number of hydrogen-bond donors (Lipinski definition) is 2. The van der Waals surface area contributed by atoms with Gasteiger partial charge in [-0.2, -0.15) is 10.1 Å². The Morgan fingerprint density at radius 3 is 2.42 bits per heavy atom. The fraction of sp³-hybridized carbons (Fsp3) is 0.211. The Balaban J connectivity index is 1.87. The molecule has 1 aromatic heterocycles. The molecule has 0 amide bonds. The van der Waals surface area contributed by atoms with Gasteiger partial charge in [0.05, 0.1) is 19.0 Å². The molecule has 134 valence electrons. The highest BCUT2D eigenvalue weighted by atomic mass is 35.5. The quantitative estimate of drug-likeness (QED) is 0.663. The SMILES string of the molecule is COc1ccc(Cl)cc1Nc1cnnc(Nc2c(C)cc(C)cc2C)n1. The van der Waals surface area contributed by atoms with Gasteiger partial charge in [0.2, 0.25) is 5.95 Å². The Bertz CT molecular complexity index is 922. The normalized spacial score (nSPS) is 10.5. The van der Waals surface area contributed by atoms with Crippen molar-refractivity contribution in [2.24, 2.45) is 0 Å². The van der Waals surface area contributed by atoms with Crippen LogP contribution in [-0.2, 0) is 0 Å². The lowest BCUT2D eigenvalue weighted by molar-refractivity contribution is 0.417. The topological polar surface area (TPSA) is 72.0 Å². The van der Waals surface area contributed by atoms with Gasteiger partial charge < -0.3 is 15.4 Å². The Labute approximate surface area is 157 Å². The first kappa shape index (κ1) is 17.9. The van der Waals surface area contributed by atoms with Crippen molar-refractivity contribution < 1.29 is 4.74 Å². The molecule has 0 radical (unpaired) electrons. The first-order valence-electron chi connectivity index (χ1n) is 8.11. The zero-order valence-corrected chi connectivity index (χ0v) is 15.8. The van der Waals surface area contributed by atoms with Crippen molar-refractivity contribution in [1.82, 2.24) is 15.2 Å². The van der Waals surface area contributed by atoms with E-state index in [1.165, 1.54) is 5.56 Å². The molecule has 0 aliphatic heterocycles. The average molecular weight is 370 g/mol. The number of aromatic nitrogens is 3. The molecular formula is C19H20ClN5O. The number of methoxy groups -OCH3 is 1. The van der Waals surface area contributed by atoms with Crippen LogP contribution in [0.3, 0.4) is 0 Å². The van der Waals surface area contributed by atoms with Crippen LogP contribution in [-0.4, -0.2) is 22.3 Å². The number of ether oxygens (including phenoxy) is 1. The number of benzene rings is 2. The summed E-state index contributed by atoms with van der Waals surface area (Å²) in [5, 5.41) is 15.1. The number of nitrogens with zero attached hydrogens (tertiary/aromatic N) is 3. The average Bonchev–Trinajstić information content (AvgIpc) is 2.59. The molecule has 0 unspecified atom stereocenters. The van der Waals surface area contributed by atoms with E-state index in [4.69, 9.17) is 16.3 Å². The van der Waals surface area contributed by atoms with E-state index < -0.39 is 0 Å². The van der Waals surface area contributed by atoms with Crippen molar-refractivity contribution in [2.45, 2.75) is 20.8 Å². The minimum absolute atomic E-state index is 0.408. The largest absolute Gasteiger partial charge is 0.495 e. The van der Waals surface area contributed by atoms with Gasteiger partial charge >= 0.3 is 0 Å². The number of halogens is 1. The second-order valence-electron chi connectivity index (χ2n) is 6.03. The number of anilines is 4. The van der Waals surface area contributed by atoms with E-state index in [2.05, 4.69) is 58.7 Å². The van der Waals surface area contributed by atoms with E-state index in [0.29, 0.717) is 28.2 Å². The third-order valence-electron chi connectivity index (χ3n) is 3.90. The highest BCUT2D eigenvalue weighted by molar-refractivity contribution is 6.31. The van der Waals surface area contributed by atoms with Gasteiger partial charge in [0, 0.05) is 10.7 Å². The van der Waals surface area contributed by atoms with Crippen LogP contribution >= 0.6 is 11.6 Å². The lowest BCUT2D eigenvalue weighted by Gasteiger charge is -2.14. The number of rotatable bonds is 5. The highest BCUT2D eigenvalue weighted by Gasteiger charge is 2.09. The van der Waals surface area contributed by atoms with Crippen molar-refractivity contribution in [3.63, 3.8) is 0 Å². The first-order chi connectivity index (χ1) is 12.5. The molecule has 0 aliphatic carbocycles. The van der Waals surface area contributed by atoms with Gasteiger partial charge in [0.15, 0.2) is 5.82 Å². The fourth-order valence-electron chi connectivity index (χ4n) is 2.82. The van der Waals surface area contributed by atoms with Crippen LogP contribution in [0, 0.1) is 20.8 Å². The first-order valence-corrected chi connectivity index (χ1v) is 8.49. The summed E-state index contributed by atoms with van der Waals surface area (Å²) in [5.74, 6) is 1.60. The summed E-state index contributed by atoms with van der Waals surface area (Å²) in [4.78, 5) is 4.48. The molecule has 0 spiro atoms. The number of hydrogen-bond acceptors (Lipinski definition) is 6. The van der Waals surface area contributed by atoms with E-state index in [1.807, 2.05) is 0 Å². The summed E-state index contributed by atoms with van der Waals surface area (Å²) < 4.78 is 5.34. The van der Waals surface area contributed by atoms with Crippen LogP contribution in [0.1, 0.15) is 16.7 Å². The van der Waals surface area contributed by atoms with Crippen LogP contribution in [0.2, 0.25) is 5.02 Å². The van der Waals surface area contributed by atoms with E-state index in [-0.39, 0.29) is 0 Å². The summed E-state index contributed by atoms with van der Waals surface area (Å²) in [6.45, 7) is 6.17. The van der Waals surface area contributed by atoms with Crippen molar-refractivity contribution in [3.05, 3.63) is 58.2 Å². The summed E-state index contributed by atoms with van der Waals surface area (Å²) in [5.41, 5.74) is 5.15. The zero-order valence-electron chi connectivity index (χ0n) is 15.1. The number of nitrogens with one attached hydrogen (secondary N) is 2. The summed E-state index contributed by atoms with van der Waals surface area (Å²) >= 11 is 6.07. The van der Waals surface area contributed by atoms with Gasteiger partial charge in [-0.3, -0.25) is 0 Å². The van der Waals surface area contributed by atoms with Crippen LogP contribution in [0.4, 0.5) is 23.1 Å². The smallest absolute Gasteiger partial charge is 0.249 e. The molecule has 0 saturated carbocycles. The molecule has 0 bridgehead atoms. The lowest BCUT2D eigenvalue weighted by Crippen LogP contribution is -2.05. The standard InChI is InChI=1S/C19H20ClN5O/c1-11-7-12(2)18(13(3)8-11)24-19-23-17(10-21-25-19)22-15-9-14(20)5-6-16(15)26-4/h5-10H,1-4H3,(H2,22,23,24,25). The third-order valence-corrected chi connectivity index (χ3v) is 4.13. The van der Waals surface area contributed by atoms with Gasteiger partial charge in [0.25, 0.3) is 0 Å². The van der Waals surface area contributed by atoms with E-state index in [9.17, 15) is 0 Å². The Hall–Kier alpha value is -2.86. The molecule has 2 aromatic carbocycles. The fourth-order valence-corrected chi connectivity index (χ4v) is 2.99. The second-order valence-corrected chi connectivity index (χ2v) is 6.47. The van der Waals surface area contributed by atoms with Gasteiger partial charge in [-0.1, -0.05) is 29.3 Å². The van der Waals surface area contributed by atoms with Crippen LogP contribution < -0.4 is 15.4 Å². The summed E-state index contributed by atoms with van der Waals surface area (Å²) in [6, 6.07) is 9.55. The van der Waals surface area contributed by atoms with Crippen LogP contribution in [0.15, 0.2) is 36.5 Å². The van der Waals surface area contributed by atoms with Gasteiger partial charge in [-0.25, -0.2) is 0 Å². The van der Waals surface area contributed by atoms with Crippen molar-refractivity contribution in [1.29, 1.82) is 0 Å². The van der Waals surface area contributed by atoms with Gasteiger partial charge in [0.1, 0.15) is 5.75 Å². The van der Waals surface area contributed by atoms with Crippen LogP contribution in [0.5, 0.6) is 5.75 Å². The molecule has 1 heterocycles. The second kappa shape index (κ2) is 7.58. The predicted molar refractivity (Wildman–Crippen MR) is 105 cm³/mol. The molecule has 2 N–H and O–H groups in total. The van der Waals surface area contributed by atoms with Crippen molar-refractivity contribution in [3.8, 4) is 5.75 Å². The molecular weight excluding hydrogens is 350 g/mol. The van der Waals surface area contributed by atoms with Gasteiger partial charge in [-0.15, -0.1) is 5.10 Å². The number of aryl methyl sites for hydroxylation is 3. The molecule has 0 fully saturated rings. The molecule has 3 rings (SSSR count). The maximum absolute atomic E-state index is 6.07.